The van der Waals surface area contributed by atoms with E-state index in [1.165, 1.54) is 0 Å². The Balaban J connectivity index is 1.44. The van der Waals surface area contributed by atoms with E-state index in [0.29, 0.717) is 24.5 Å². The zero-order valence-electron chi connectivity index (χ0n) is 15.2. The molecule has 0 unspecified atom stereocenters. The summed E-state index contributed by atoms with van der Waals surface area (Å²) < 4.78 is 11.4. The first kappa shape index (κ1) is 17.5. The van der Waals surface area contributed by atoms with Crippen molar-refractivity contribution in [2.45, 2.75) is 25.6 Å². The van der Waals surface area contributed by atoms with Gasteiger partial charge in [-0.3, -0.25) is 4.79 Å². The van der Waals surface area contributed by atoms with Crippen LogP contribution in [-0.4, -0.2) is 35.2 Å². The van der Waals surface area contributed by atoms with Gasteiger partial charge >= 0.3 is 0 Å². The van der Waals surface area contributed by atoms with Crippen molar-refractivity contribution < 1.29 is 14.1 Å². The second kappa shape index (κ2) is 7.76. The number of hydrogen-bond acceptors (Lipinski definition) is 4. The lowest BCUT2D eigenvalue weighted by Crippen LogP contribution is -2.46. The number of morpholine rings is 1. The summed E-state index contributed by atoms with van der Waals surface area (Å²) in [6, 6.07) is 21.6. The predicted molar refractivity (Wildman–Crippen MR) is 102 cm³/mol. The van der Waals surface area contributed by atoms with Gasteiger partial charge < -0.3 is 14.2 Å². The van der Waals surface area contributed by atoms with Gasteiger partial charge in [-0.05, 0) is 12.5 Å². The number of aromatic nitrogens is 1. The van der Waals surface area contributed by atoms with Gasteiger partial charge in [-0.1, -0.05) is 65.8 Å². The van der Waals surface area contributed by atoms with E-state index < -0.39 is 0 Å². The van der Waals surface area contributed by atoms with Gasteiger partial charge in [0.1, 0.15) is 6.10 Å². The number of nitrogens with zero attached hydrogens (tertiary/aromatic N) is 2. The van der Waals surface area contributed by atoms with Crippen molar-refractivity contribution in [3.8, 4) is 11.3 Å². The van der Waals surface area contributed by atoms with Gasteiger partial charge in [0, 0.05) is 18.2 Å². The molecule has 4 rings (SSSR count). The molecular formula is C22H22N2O3. The molecule has 1 saturated heterocycles. The summed E-state index contributed by atoms with van der Waals surface area (Å²) in [5, 5.41) is 4.07. The van der Waals surface area contributed by atoms with Crippen LogP contribution < -0.4 is 0 Å². The van der Waals surface area contributed by atoms with Crippen molar-refractivity contribution in [1.29, 1.82) is 0 Å². The number of rotatable bonds is 4. The monoisotopic (exact) mass is 362 g/mol. The summed E-state index contributed by atoms with van der Waals surface area (Å²) in [6.45, 7) is 3.14. The lowest BCUT2D eigenvalue weighted by molar-refractivity contribution is -0.144. The summed E-state index contributed by atoms with van der Waals surface area (Å²) in [5.41, 5.74) is 2.69. The molecule has 2 heterocycles. The number of hydrogen-bond donors (Lipinski definition) is 0. The van der Waals surface area contributed by atoms with Crippen LogP contribution in [0.1, 0.15) is 24.3 Å². The highest BCUT2D eigenvalue weighted by molar-refractivity contribution is 5.79. The van der Waals surface area contributed by atoms with E-state index >= 15 is 0 Å². The van der Waals surface area contributed by atoms with Crippen molar-refractivity contribution in [2.75, 3.05) is 13.1 Å². The molecule has 2 aromatic carbocycles. The fourth-order valence-electron chi connectivity index (χ4n) is 3.41. The lowest BCUT2D eigenvalue weighted by Gasteiger charge is -2.37. The third-order valence-corrected chi connectivity index (χ3v) is 4.73. The first-order chi connectivity index (χ1) is 13.2. The number of ether oxygens (including phenoxy) is 1. The molecule has 138 valence electrons. The van der Waals surface area contributed by atoms with Crippen LogP contribution in [0.4, 0.5) is 0 Å². The van der Waals surface area contributed by atoms with Gasteiger partial charge in [0.05, 0.1) is 24.8 Å². The molecule has 1 fully saturated rings. The molecule has 1 aliphatic heterocycles. The average Bonchev–Trinajstić information content (AvgIpc) is 3.17. The Bertz CT molecular complexity index is 892. The molecule has 3 aromatic rings. The standard InChI is InChI=1S/C22H22N2O3/c1-16-14-24(15-21(26-16)18-10-6-3-7-11-18)22(25)13-19-12-20(27-23-19)17-8-4-2-5-9-17/h2-12,16,21H,13-15H2,1H3/t16-,21-/m1/s1. The van der Waals surface area contributed by atoms with Crippen LogP contribution in [0, 0.1) is 0 Å². The van der Waals surface area contributed by atoms with E-state index in [0.717, 1.165) is 11.1 Å². The molecule has 0 aliphatic carbocycles. The molecule has 2 atom stereocenters. The van der Waals surface area contributed by atoms with Gasteiger partial charge in [0.15, 0.2) is 5.76 Å². The Labute approximate surface area is 158 Å². The van der Waals surface area contributed by atoms with Gasteiger partial charge in [-0.15, -0.1) is 0 Å². The molecule has 1 aromatic heterocycles. The Kier molecular flexibility index (Phi) is 5.03. The quantitative estimate of drug-likeness (QED) is 0.707. The largest absolute Gasteiger partial charge is 0.367 e. The van der Waals surface area contributed by atoms with Crippen LogP contribution in [0.5, 0.6) is 0 Å². The van der Waals surface area contributed by atoms with E-state index in [2.05, 4.69) is 5.16 Å². The van der Waals surface area contributed by atoms with Crippen molar-refractivity contribution in [3.63, 3.8) is 0 Å². The number of carbonyl (C=O) groups excluding carboxylic acids is 1. The highest BCUT2D eigenvalue weighted by Gasteiger charge is 2.29. The molecule has 0 bridgehead atoms. The van der Waals surface area contributed by atoms with Crippen LogP contribution in [-0.2, 0) is 16.0 Å². The fraction of sp³-hybridized carbons (Fsp3) is 0.273. The number of benzene rings is 2. The first-order valence-corrected chi connectivity index (χ1v) is 9.18. The molecule has 0 radical (unpaired) electrons. The molecule has 0 spiro atoms. The molecule has 0 saturated carbocycles. The minimum absolute atomic E-state index is 0.00917. The SMILES string of the molecule is C[C@@H]1CN(C(=O)Cc2cc(-c3ccccc3)on2)C[C@H](c2ccccc2)O1. The molecule has 1 amide bonds. The predicted octanol–water partition coefficient (Wildman–Crippen LogP) is 3.87. The number of carbonyl (C=O) groups is 1. The Morgan fingerprint density at radius 3 is 2.52 bits per heavy atom. The summed E-state index contributed by atoms with van der Waals surface area (Å²) in [5.74, 6) is 0.718. The van der Waals surface area contributed by atoms with Crippen LogP contribution in [0.2, 0.25) is 0 Å². The zero-order valence-corrected chi connectivity index (χ0v) is 15.2. The second-order valence-electron chi connectivity index (χ2n) is 6.87. The van der Waals surface area contributed by atoms with E-state index in [9.17, 15) is 4.79 Å². The average molecular weight is 362 g/mol. The van der Waals surface area contributed by atoms with Crippen molar-refractivity contribution >= 4 is 5.91 Å². The van der Waals surface area contributed by atoms with E-state index in [1.54, 1.807) is 0 Å². The fourth-order valence-corrected chi connectivity index (χ4v) is 3.41. The van der Waals surface area contributed by atoms with Crippen molar-refractivity contribution in [2.24, 2.45) is 0 Å². The first-order valence-electron chi connectivity index (χ1n) is 9.18. The maximum atomic E-state index is 12.8. The maximum Gasteiger partial charge on any atom is 0.228 e. The minimum atomic E-state index is -0.101. The van der Waals surface area contributed by atoms with Gasteiger partial charge in [0.25, 0.3) is 0 Å². The third kappa shape index (κ3) is 4.09. The van der Waals surface area contributed by atoms with Gasteiger partial charge in [-0.2, -0.15) is 0 Å². The van der Waals surface area contributed by atoms with Crippen LogP contribution in [0.3, 0.4) is 0 Å². The summed E-state index contributed by atoms with van der Waals surface area (Å²) in [4.78, 5) is 14.7. The smallest absolute Gasteiger partial charge is 0.228 e. The van der Waals surface area contributed by atoms with Crippen LogP contribution in [0.25, 0.3) is 11.3 Å². The molecule has 0 N–H and O–H groups in total. The van der Waals surface area contributed by atoms with Gasteiger partial charge in [-0.25, -0.2) is 0 Å². The van der Waals surface area contributed by atoms with Gasteiger partial charge in [0.2, 0.25) is 5.91 Å². The van der Waals surface area contributed by atoms with E-state index in [1.807, 2.05) is 78.6 Å². The minimum Gasteiger partial charge on any atom is -0.367 e. The Morgan fingerprint density at radius 1 is 1.07 bits per heavy atom. The summed E-state index contributed by atoms with van der Waals surface area (Å²) in [6.07, 6.45) is 0.117. The molecule has 1 aliphatic rings. The van der Waals surface area contributed by atoms with Crippen molar-refractivity contribution in [3.05, 3.63) is 78.0 Å². The summed E-state index contributed by atoms with van der Waals surface area (Å²) in [7, 11) is 0. The molecule has 27 heavy (non-hydrogen) atoms. The van der Waals surface area contributed by atoms with Crippen LogP contribution in [0.15, 0.2) is 71.3 Å². The summed E-state index contributed by atoms with van der Waals surface area (Å²) >= 11 is 0. The molecule has 5 nitrogen and oxygen atoms in total. The van der Waals surface area contributed by atoms with E-state index in [-0.39, 0.29) is 24.5 Å². The zero-order chi connectivity index (χ0) is 18.6. The highest BCUT2D eigenvalue weighted by atomic mass is 16.5. The molecular weight excluding hydrogens is 340 g/mol. The maximum absolute atomic E-state index is 12.8. The Morgan fingerprint density at radius 2 is 1.78 bits per heavy atom. The lowest BCUT2D eigenvalue weighted by atomic mass is 10.1. The molecule has 5 heteroatoms. The van der Waals surface area contributed by atoms with Crippen LogP contribution >= 0.6 is 0 Å². The number of amides is 1. The second-order valence-corrected chi connectivity index (χ2v) is 6.87. The highest BCUT2D eigenvalue weighted by Crippen LogP contribution is 2.26. The van der Waals surface area contributed by atoms with E-state index in [4.69, 9.17) is 9.26 Å². The van der Waals surface area contributed by atoms with Crippen molar-refractivity contribution in [1.82, 2.24) is 10.1 Å². The Hall–Kier alpha value is -2.92. The third-order valence-electron chi connectivity index (χ3n) is 4.73. The topological polar surface area (TPSA) is 55.6 Å². The normalized spacial score (nSPS) is 19.8.